The third-order valence-electron chi connectivity index (χ3n) is 2.91. The molecule has 0 aliphatic carbocycles. The molecule has 0 fully saturated rings. The number of nitriles is 1. The predicted octanol–water partition coefficient (Wildman–Crippen LogP) is 4.63. The molecule has 2 rings (SSSR count). The summed E-state index contributed by atoms with van der Waals surface area (Å²) in [6.07, 6.45) is -4.53. The standard InChI is InChI=1S/C16H12F3NO/c1-11-5-6-12(7-8-20)15(9-11)13-3-2-4-14(10-13)21-16(17,18)19/h2-6,9-10H,7H2,1H3. The van der Waals surface area contributed by atoms with Crippen LogP contribution in [-0.4, -0.2) is 6.36 Å². The first-order valence-electron chi connectivity index (χ1n) is 6.22. The zero-order valence-electron chi connectivity index (χ0n) is 11.2. The van der Waals surface area contributed by atoms with Crippen LogP contribution in [0, 0.1) is 18.3 Å². The van der Waals surface area contributed by atoms with Gasteiger partial charge in [0.25, 0.3) is 0 Å². The van der Waals surface area contributed by atoms with Crippen molar-refractivity contribution in [3.8, 4) is 22.9 Å². The minimum Gasteiger partial charge on any atom is -0.406 e. The molecular formula is C16H12F3NO. The lowest BCUT2D eigenvalue weighted by Crippen LogP contribution is -2.17. The molecule has 0 heterocycles. The third-order valence-corrected chi connectivity index (χ3v) is 2.91. The highest BCUT2D eigenvalue weighted by atomic mass is 19.4. The normalized spacial score (nSPS) is 11.0. The van der Waals surface area contributed by atoms with Crippen molar-refractivity contribution in [1.82, 2.24) is 0 Å². The van der Waals surface area contributed by atoms with Crippen LogP contribution >= 0.6 is 0 Å². The lowest BCUT2D eigenvalue weighted by molar-refractivity contribution is -0.274. The molecule has 0 aromatic heterocycles. The molecule has 108 valence electrons. The second-order valence-electron chi connectivity index (χ2n) is 4.57. The Morgan fingerprint density at radius 3 is 2.57 bits per heavy atom. The topological polar surface area (TPSA) is 33.0 Å². The number of benzene rings is 2. The average Bonchev–Trinajstić information content (AvgIpc) is 2.39. The van der Waals surface area contributed by atoms with Crippen molar-refractivity contribution in [3.63, 3.8) is 0 Å². The van der Waals surface area contributed by atoms with Crippen molar-refractivity contribution in [2.45, 2.75) is 19.7 Å². The monoisotopic (exact) mass is 291 g/mol. The first kappa shape index (κ1) is 14.9. The van der Waals surface area contributed by atoms with Crippen LogP contribution in [0.3, 0.4) is 0 Å². The number of hydrogen-bond acceptors (Lipinski definition) is 2. The van der Waals surface area contributed by atoms with E-state index in [1.54, 1.807) is 6.07 Å². The molecular weight excluding hydrogens is 279 g/mol. The molecule has 0 aliphatic rings. The number of alkyl halides is 3. The van der Waals surface area contributed by atoms with Gasteiger partial charge in [0.1, 0.15) is 5.75 Å². The van der Waals surface area contributed by atoms with E-state index in [9.17, 15) is 13.2 Å². The van der Waals surface area contributed by atoms with Crippen LogP contribution in [0.15, 0.2) is 42.5 Å². The Morgan fingerprint density at radius 2 is 1.90 bits per heavy atom. The minimum absolute atomic E-state index is 0.194. The van der Waals surface area contributed by atoms with Gasteiger partial charge in [0.05, 0.1) is 12.5 Å². The summed E-state index contributed by atoms with van der Waals surface area (Å²) in [4.78, 5) is 0. The quantitative estimate of drug-likeness (QED) is 0.826. The van der Waals surface area contributed by atoms with E-state index in [0.29, 0.717) is 5.56 Å². The highest BCUT2D eigenvalue weighted by molar-refractivity contribution is 5.70. The van der Waals surface area contributed by atoms with E-state index >= 15 is 0 Å². The maximum Gasteiger partial charge on any atom is 0.573 e. The Bertz CT molecular complexity index is 687. The Balaban J connectivity index is 2.45. The molecule has 2 aromatic carbocycles. The Labute approximate surface area is 120 Å². The molecule has 0 saturated heterocycles. The van der Waals surface area contributed by atoms with E-state index in [1.807, 2.05) is 25.1 Å². The van der Waals surface area contributed by atoms with Crippen molar-refractivity contribution in [1.29, 1.82) is 5.26 Å². The van der Waals surface area contributed by atoms with Gasteiger partial charge in [-0.05, 0) is 35.7 Å². The summed E-state index contributed by atoms with van der Waals surface area (Å²) in [6, 6.07) is 13.3. The zero-order valence-corrected chi connectivity index (χ0v) is 11.2. The molecule has 5 heteroatoms. The summed E-state index contributed by atoms with van der Waals surface area (Å²) in [5.41, 5.74) is 3.07. The summed E-state index contributed by atoms with van der Waals surface area (Å²) < 4.78 is 40.8. The van der Waals surface area contributed by atoms with Crippen LogP contribution in [0.5, 0.6) is 5.75 Å². The van der Waals surface area contributed by atoms with E-state index in [4.69, 9.17) is 5.26 Å². The first-order valence-corrected chi connectivity index (χ1v) is 6.22. The van der Waals surface area contributed by atoms with Crippen LogP contribution in [0.25, 0.3) is 11.1 Å². The number of rotatable bonds is 3. The molecule has 2 aromatic rings. The zero-order chi connectivity index (χ0) is 15.5. The molecule has 0 bridgehead atoms. The van der Waals surface area contributed by atoms with Crippen molar-refractivity contribution in [3.05, 3.63) is 53.6 Å². The van der Waals surface area contributed by atoms with E-state index in [-0.39, 0.29) is 12.2 Å². The fourth-order valence-electron chi connectivity index (χ4n) is 2.06. The Morgan fingerprint density at radius 1 is 1.14 bits per heavy atom. The van der Waals surface area contributed by atoms with Gasteiger partial charge < -0.3 is 4.74 Å². The van der Waals surface area contributed by atoms with Crippen molar-refractivity contribution >= 4 is 0 Å². The summed E-state index contributed by atoms with van der Waals surface area (Å²) >= 11 is 0. The van der Waals surface area contributed by atoms with E-state index in [1.165, 1.54) is 18.2 Å². The number of halogens is 3. The molecule has 21 heavy (non-hydrogen) atoms. The van der Waals surface area contributed by atoms with Crippen LogP contribution in [0.2, 0.25) is 0 Å². The van der Waals surface area contributed by atoms with Gasteiger partial charge in [-0.3, -0.25) is 0 Å². The van der Waals surface area contributed by atoms with Crippen molar-refractivity contribution < 1.29 is 17.9 Å². The molecule has 0 saturated carbocycles. The number of ether oxygens (including phenoxy) is 1. The predicted molar refractivity (Wildman–Crippen MR) is 72.6 cm³/mol. The maximum absolute atomic E-state index is 12.3. The number of hydrogen-bond donors (Lipinski definition) is 0. The van der Waals surface area contributed by atoms with E-state index in [2.05, 4.69) is 10.8 Å². The van der Waals surface area contributed by atoms with Crippen LogP contribution in [0.1, 0.15) is 11.1 Å². The van der Waals surface area contributed by atoms with Gasteiger partial charge >= 0.3 is 6.36 Å². The molecule has 2 nitrogen and oxygen atoms in total. The first-order chi connectivity index (χ1) is 9.89. The van der Waals surface area contributed by atoms with Gasteiger partial charge in [0.2, 0.25) is 0 Å². The average molecular weight is 291 g/mol. The van der Waals surface area contributed by atoms with Gasteiger partial charge in [-0.1, -0.05) is 35.9 Å². The largest absolute Gasteiger partial charge is 0.573 e. The van der Waals surface area contributed by atoms with E-state index < -0.39 is 6.36 Å². The van der Waals surface area contributed by atoms with Crippen molar-refractivity contribution in [2.24, 2.45) is 0 Å². The highest BCUT2D eigenvalue weighted by Crippen LogP contribution is 2.30. The summed E-state index contributed by atoms with van der Waals surface area (Å²) in [5, 5.41) is 8.84. The van der Waals surface area contributed by atoms with Crippen molar-refractivity contribution in [2.75, 3.05) is 0 Å². The second-order valence-corrected chi connectivity index (χ2v) is 4.57. The minimum atomic E-state index is -4.72. The molecule has 0 spiro atoms. The summed E-state index contributed by atoms with van der Waals surface area (Å²) in [7, 11) is 0. The van der Waals surface area contributed by atoms with Gasteiger partial charge in [-0.15, -0.1) is 13.2 Å². The summed E-state index contributed by atoms with van der Waals surface area (Å²) in [6.45, 7) is 1.88. The fourth-order valence-corrected chi connectivity index (χ4v) is 2.06. The molecule has 0 radical (unpaired) electrons. The molecule has 0 atom stereocenters. The summed E-state index contributed by atoms with van der Waals surface area (Å²) in [5.74, 6) is -0.274. The number of nitrogens with zero attached hydrogens (tertiary/aromatic N) is 1. The smallest absolute Gasteiger partial charge is 0.406 e. The lowest BCUT2D eigenvalue weighted by Gasteiger charge is -2.12. The Hall–Kier alpha value is -2.48. The van der Waals surface area contributed by atoms with Gasteiger partial charge in [-0.25, -0.2) is 0 Å². The molecule has 0 aliphatic heterocycles. The maximum atomic E-state index is 12.3. The van der Waals surface area contributed by atoms with Crippen LogP contribution in [-0.2, 0) is 6.42 Å². The van der Waals surface area contributed by atoms with Crippen LogP contribution < -0.4 is 4.74 Å². The van der Waals surface area contributed by atoms with Gasteiger partial charge in [0.15, 0.2) is 0 Å². The fraction of sp³-hybridized carbons (Fsp3) is 0.188. The highest BCUT2D eigenvalue weighted by Gasteiger charge is 2.31. The number of aryl methyl sites for hydroxylation is 1. The second kappa shape index (κ2) is 5.88. The van der Waals surface area contributed by atoms with Gasteiger partial charge in [0, 0.05) is 0 Å². The Kier molecular flexibility index (Phi) is 4.18. The molecule has 0 N–H and O–H groups in total. The molecule has 0 unspecified atom stereocenters. The molecule has 0 amide bonds. The van der Waals surface area contributed by atoms with E-state index in [0.717, 1.165) is 16.7 Å². The van der Waals surface area contributed by atoms with Gasteiger partial charge in [-0.2, -0.15) is 5.26 Å². The lowest BCUT2D eigenvalue weighted by atomic mass is 9.96. The SMILES string of the molecule is Cc1ccc(CC#N)c(-c2cccc(OC(F)(F)F)c2)c1. The van der Waals surface area contributed by atoms with Crippen LogP contribution in [0.4, 0.5) is 13.2 Å². The third kappa shape index (κ3) is 3.99.